The third-order valence-corrected chi connectivity index (χ3v) is 4.42. The standard InChI is InChI=1S/C14H10Br2ClN3/c15-11-2-1-3-12(16)14(11)18-6-10-8-20-7-9(17)4-5-13(20)19-10/h1-5,7-8,18H,6H2. The van der Waals surface area contributed by atoms with Gasteiger partial charge in [-0.15, -0.1) is 0 Å². The van der Waals surface area contributed by atoms with Crippen LogP contribution < -0.4 is 5.32 Å². The van der Waals surface area contributed by atoms with Gasteiger partial charge in [-0.25, -0.2) is 4.98 Å². The first-order valence-electron chi connectivity index (χ1n) is 5.94. The molecule has 0 bridgehead atoms. The highest BCUT2D eigenvalue weighted by atomic mass is 79.9. The summed E-state index contributed by atoms with van der Waals surface area (Å²) in [4.78, 5) is 4.54. The van der Waals surface area contributed by atoms with Gasteiger partial charge in [0.25, 0.3) is 0 Å². The van der Waals surface area contributed by atoms with Crippen LogP contribution in [0.25, 0.3) is 5.65 Å². The lowest BCUT2D eigenvalue weighted by Crippen LogP contribution is -2.01. The van der Waals surface area contributed by atoms with Gasteiger partial charge in [0.15, 0.2) is 0 Å². The van der Waals surface area contributed by atoms with Crippen LogP contribution in [0.3, 0.4) is 0 Å². The van der Waals surface area contributed by atoms with E-state index in [9.17, 15) is 0 Å². The molecule has 0 aliphatic rings. The average Bonchev–Trinajstić information content (AvgIpc) is 2.80. The highest BCUT2D eigenvalue weighted by Gasteiger charge is 2.06. The normalized spacial score (nSPS) is 10.9. The minimum Gasteiger partial charge on any atom is -0.377 e. The zero-order chi connectivity index (χ0) is 14.1. The Balaban J connectivity index is 1.83. The Morgan fingerprint density at radius 1 is 1.10 bits per heavy atom. The van der Waals surface area contributed by atoms with Crippen molar-refractivity contribution in [3.63, 3.8) is 0 Å². The molecule has 2 heterocycles. The van der Waals surface area contributed by atoms with Gasteiger partial charge in [-0.05, 0) is 56.1 Å². The maximum Gasteiger partial charge on any atom is 0.137 e. The van der Waals surface area contributed by atoms with Gasteiger partial charge in [-0.1, -0.05) is 17.7 Å². The summed E-state index contributed by atoms with van der Waals surface area (Å²) in [7, 11) is 0. The first-order valence-corrected chi connectivity index (χ1v) is 7.91. The monoisotopic (exact) mass is 413 g/mol. The van der Waals surface area contributed by atoms with E-state index >= 15 is 0 Å². The van der Waals surface area contributed by atoms with Crippen LogP contribution in [0.5, 0.6) is 0 Å². The molecule has 0 aliphatic heterocycles. The summed E-state index contributed by atoms with van der Waals surface area (Å²) in [6.07, 6.45) is 3.82. The molecule has 20 heavy (non-hydrogen) atoms. The third kappa shape index (κ3) is 2.85. The molecule has 0 saturated carbocycles. The Labute approximate surface area is 138 Å². The zero-order valence-corrected chi connectivity index (χ0v) is 14.2. The number of nitrogens with one attached hydrogen (secondary N) is 1. The molecule has 0 amide bonds. The molecule has 0 fully saturated rings. The fourth-order valence-electron chi connectivity index (χ4n) is 1.95. The Morgan fingerprint density at radius 3 is 2.60 bits per heavy atom. The van der Waals surface area contributed by atoms with Crippen molar-refractivity contribution in [2.75, 3.05) is 5.32 Å². The Kier molecular flexibility index (Phi) is 4.01. The molecule has 0 spiro atoms. The second-order valence-electron chi connectivity index (χ2n) is 4.30. The first kappa shape index (κ1) is 13.9. The van der Waals surface area contributed by atoms with Crippen molar-refractivity contribution >= 4 is 54.8 Å². The molecule has 3 rings (SSSR count). The van der Waals surface area contributed by atoms with Crippen molar-refractivity contribution in [1.82, 2.24) is 9.38 Å². The summed E-state index contributed by atoms with van der Waals surface area (Å²) in [6, 6.07) is 9.71. The number of hydrogen-bond acceptors (Lipinski definition) is 2. The molecular formula is C14H10Br2ClN3. The highest BCUT2D eigenvalue weighted by molar-refractivity contribution is 9.11. The van der Waals surface area contributed by atoms with Crippen molar-refractivity contribution in [1.29, 1.82) is 0 Å². The Morgan fingerprint density at radius 2 is 1.85 bits per heavy atom. The van der Waals surface area contributed by atoms with Crippen LogP contribution in [0.15, 0.2) is 51.7 Å². The zero-order valence-electron chi connectivity index (χ0n) is 10.3. The number of anilines is 1. The number of para-hydroxylation sites is 1. The minimum absolute atomic E-state index is 0.639. The molecule has 102 valence electrons. The predicted octanol–water partition coefficient (Wildman–Crippen LogP) is 5.12. The quantitative estimate of drug-likeness (QED) is 0.643. The van der Waals surface area contributed by atoms with E-state index in [1.54, 1.807) is 0 Å². The fraction of sp³-hybridized carbons (Fsp3) is 0.0714. The average molecular weight is 416 g/mol. The molecule has 0 atom stereocenters. The van der Waals surface area contributed by atoms with Crippen LogP contribution in [0, 0.1) is 0 Å². The van der Waals surface area contributed by atoms with Crippen LogP contribution in [0.4, 0.5) is 5.69 Å². The Bertz CT molecular complexity index is 750. The van der Waals surface area contributed by atoms with E-state index in [0.717, 1.165) is 26.0 Å². The number of nitrogens with zero attached hydrogens (tertiary/aromatic N) is 2. The Hall–Kier alpha value is -1.04. The molecule has 0 saturated heterocycles. The van der Waals surface area contributed by atoms with E-state index in [4.69, 9.17) is 11.6 Å². The maximum absolute atomic E-state index is 5.97. The molecule has 0 unspecified atom stereocenters. The second kappa shape index (κ2) is 5.76. The second-order valence-corrected chi connectivity index (χ2v) is 6.44. The SMILES string of the molecule is Clc1ccc2nc(CNc3c(Br)cccc3Br)cn2c1. The fourth-order valence-corrected chi connectivity index (χ4v) is 3.39. The van der Waals surface area contributed by atoms with Crippen molar-refractivity contribution in [2.24, 2.45) is 0 Å². The largest absolute Gasteiger partial charge is 0.377 e. The van der Waals surface area contributed by atoms with Crippen LogP contribution in [0.2, 0.25) is 5.02 Å². The number of benzene rings is 1. The van der Waals surface area contributed by atoms with Crippen molar-refractivity contribution in [2.45, 2.75) is 6.54 Å². The number of fused-ring (bicyclic) bond motifs is 1. The molecule has 6 heteroatoms. The number of hydrogen-bond donors (Lipinski definition) is 1. The summed E-state index contributed by atoms with van der Waals surface area (Å²) >= 11 is 13.0. The number of halogens is 3. The van der Waals surface area contributed by atoms with Gasteiger partial charge >= 0.3 is 0 Å². The topological polar surface area (TPSA) is 29.3 Å². The smallest absolute Gasteiger partial charge is 0.137 e. The molecule has 1 aromatic carbocycles. The van der Waals surface area contributed by atoms with E-state index in [1.807, 2.05) is 47.1 Å². The molecule has 2 aromatic heterocycles. The molecule has 3 aromatic rings. The van der Waals surface area contributed by atoms with E-state index < -0.39 is 0 Å². The van der Waals surface area contributed by atoms with Crippen molar-refractivity contribution in [3.8, 4) is 0 Å². The summed E-state index contributed by atoms with van der Waals surface area (Å²) in [5, 5.41) is 4.07. The van der Waals surface area contributed by atoms with Crippen molar-refractivity contribution in [3.05, 3.63) is 62.4 Å². The molecular weight excluding hydrogens is 405 g/mol. The van der Waals surface area contributed by atoms with Crippen LogP contribution in [-0.2, 0) is 6.54 Å². The van der Waals surface area contributed by atoms with E-state index in [-0.39, 0.29) is 0 Å². The van der Waals surface area contributed by atoms with Gasteiger partial charge in [-0.3, -0.25) is 0 Å². The van der Waals surface area contributed by atoms with E-state index in [2.05, 4.69) is 42.2 Å². The molecule has 3 nitrogen and oxygen atoms in total. The van der Waals surface area contributed by atoms with Crippen LogP contribution in [0.1, 0.15) is 5.69 Å². The third-order valence-electron chi connectivity index (χ3n) is 2.87. The maximum atomic E-state index is 5.97. The summed E-state index contributed by atoms with van der Waals surface area (Å²) in [5.41, 5.74) is 2.86. The minimum atomic E-state index is 0.639. The first-order chi connectivity index (χ1) is 9.63. The summed E-state index contributed by atoms with van der Waals surface area (Å²) < 4.78 is 3.95. The van der Waals surface area contributed by atoms with Gasteiger partial charge in [0.05, 0.1) is 22.9 Å². The lowest BCUT2D eigenvalue weighted by Gasteiger charge is -2.08. The van der Waals surface area contributed by atoms with Crippen LogP contribution in [-0.4, -0.2) is 9.38 Å². The van der Waals surface area contributed by atoms with Gasteiger partial charge in [0.2, 0.25) is 0 Å². The predicted molar refractivity (Wildman–Crippen MR) is 89.4 cm³/mol. The van der Waals surface area contributed by atoms with Gasteiger partial charge in [0.1, 0.15) is 5.65 Å². The summed E-state index contributed by atoms with van der Waals surface area (Å²) in [5.74, 6) is 0. The number of rotatable bonds is 3. The number of imidazole rings is 1. The van der Waals surface area contributed by atoms with Crippen molar-refractivity contribution < 1.29 is 0 Å². The molecule has 0 radical (unpaired) electrons. The van der Waals surface area contributed by atoms with Gasteiger partial charge in [0, 0.05) is 21.3 Å². The van der Waals surface area contributed by atoms with Crippen LogP contribution >= 0.6 is 43.5 Å². The van der Waals surface area contributed by atoms with E-state index in [1.165, 1.54) is 0 Å². The molecule has 0 aliphatic carbocycles. The highest BCUT2D eigenvalue weighted by Crippen LogP contribution is 2.30. The van der Waals surface area contributed by atoms with E-state index in [0.29, 0.717) is 11.6 Å². The summed E-state index contributed by atoms with van der Waals surface area (Å²) in [6.45, 7) is 0.639. The number of pyridine rings is 1. The lowest BCUT2D eigenvalue weighted by atomic mass is 10.3. The number of aromatic nitrogens is 2. The van der Waals surface area contributed by atoms with Gasteiger partial charge < -0.3 is 9.72 Å². The lowest BCUT2D eigenvalue weighted by molar-refractivity contribution is 1.07. The molecule has 1 N–H and O–H groups in total. The van der Waals surface area contributed by atoms with Gasteiger partial charge in [-0.2, -0.15) is 0 Å².